The molecule has 1 aromatic carbocycles. The lowest BCUT2D eigenvalue weighted by Gasteiger charge is -2.44. The van der Waals surface area contributed by atoms with Crippen LogP contribution in [0.3, 0.4) is 0 Å². The van der Waals surface area contributed by atoms with E-state index in [-0.39, 0.29) is 6.61 Å². The van der Waals surface area contributed by atoms with Crippen LogP contribution in [0.5, 0.6) is 0 Å². The fourth-order valence-electron chi connectivity index (χ4n) is 4.19. The Hall–Kier alpha value is -2.44. The molecular formula is C22H28N4O2. The van der Waals surface area contributed by atoms with E-state index in [1.807, 2.05) is 61.1 Å². The molecular weight excluding hydrogens is 352 g/mol. The monoisotopic (exact) mass is 380 g/mol. The molecule has 3 aliphatic heterocycles. The molecule has 3 aliphatic rings. The largest absolute Gasteiger partial charge is 0.454 e. The molecule has 0 unspecified atom stereocenters. The summed E-state index contributed by atoms with van der Waals surface area (Å²) in [5, 5.41) is 17.9. The van der Waals surface area contributed by atoms with Crippen molar-refractivity contribution in [1.29, 1.82) is 0 Å². The molecule has 1 N–H and O–H groups in total. The molecule has 3 aromatic rings. The fraction of sp³-hybridized carbons (Fsp3) is 0.455. The van der Waals surface area contributed by atoms with Crippen molar-refractivity contribution in [2.24, 2.45) is 5.92 Å². The van der Waals surface area contributed by atoms with E-state index >= 15 is 0 Å². The molecule has 6 nitrogen and oxygen atoms in total. The van der Waals surface area contributed by atoms with E-state index < -0.39 is 0 Å². The van der Waals surface area contributed by atoms with Crippen LogP contribution in [-0.2, 0) is 6.61 Å². The van der Waals surface area contributed by atoms with Crippen LogP contribution in [-0.4, -0.2) is 44.6 Å². The minimum absolute atomic E-state index is 0.0480. The number of nitrogens with zero attached hydrogens (tertiary/aromatic N) is 4. The number of hydrogen-bond donors (Lipinski definition) is 1. The zero-order valence-electron chi connectivity index (χ0n) is 16.6. The molecule has 28 heavy (non-hydrogen) atoms. The summed E-state index contributed by atoms with van der Waals surface area (Å²) in [6.07, 6.45) is 4.53. The van der Waals surface area contributed by atoms with Crippen molar-refractivity contribution in [1.82, 2.24) is 19.9 Å². The van der Waals surface area contributed by atoms with Crippen LogP contribution in [0.2, 0.25) is 0 Å². The van der Waals surface area contributed by atoms with Gasteiger partial charge in [0.15, 0.2) is 5.76 Å². The molecule has 6 heteroatoms. The molecule has 0 amide bonds. The van der Waals surface area contributed by atoms with Gasteiger partial charge >= 0.3 is 0 Å². The summed E-state index contributed by atoms with van der Waals surface area (Å²) in [7, 11) is 0. The highest BCUT2D eigenvalue weighted by atomic mass is 16.3. The van der Waals surface area contributed by atoms with E-state index in [0.717, 1.165) is 34.9 Å². The summed E-state index contributed by atoms with van der Waals surface area (Å²) in [6, 6.07) is 12.1. The number of rotatable bonds is 4. The van der Waals surface area contributed by atoms with Crippen LogP contribution in [0, 0.1) is 5.92 Å². The van der Waals surface area contributed by atoms with Crippen LogP contribution in [0.1, 0.15) is 38.3 Å². The van der Waals surface area contributed by atoms with Gasteiger partial charge in [0, 0.05) is 12.1 Å². The average molecular weight is 380 g/mol. The molecule has 148 valence electrons. The predicted octanol–water partition coefficient (Wildman–Crippen LogP) is 3.99. The Bertz CT molecular complexity index is 891. The Kier molecular flexibility index (Phi) is 5.59. The standard InChI is InChI=1S/C20H22N4O2.C2H6/c25-13-14-1-3-16(4-2-14)19-5-6-20(26-19)17-11-24(22-21-17)18-12-23-9-7-15(18)8-10-23;1-2/h1-6,11,15,18,25H,7-10,12-13H2;1-2H3/t18-;/m0./s1. The van der Waals surface area contributed by atoms with Gasteiger partial charge < -0.3 is 14.4 Å². The molecule has 0 spiro atoms. The summed E-state index contributed by atoms with van der Waals surface area (Å²) >= 11 is 0. The van der Waals surface area contributed by atoms with E-state index in [9.17, 15) is 0 Å². The Morgan fingerprint density at radius 3 is 2.39 bits per heavy atom. The van der Waals surface area contributed by atoms with Gasteiger partial charge in [-0.15, -0.1) is 5.10 Å². The molecule has 6 rings (SSSR count). The van der Waals surface area contributed by atoms with Gasteiger partial charge in [-0.1, -0.05) is 43.3 Å². The lowest BCUT2D eigenvalue weighted by molar-refractivity contribution is 0.0504. The quantitative estimate of drug-likeness (QED) is 0.741. The highest BCUT2D eigenvalue weighted by Crippen LogP contribution is 2.36. The number of aliphatic hydroxyl groups excluding tert-OH is 1. The van der Waals surface area contributed by atoms with Gasteiger partial charge in [0.2, 0.25) is 0 Å². The first-order valence-corrected chi connectivity index (χ1v) is 10.2. The Morgan fingerprint density at radius 2 is 1.75 bits per heavy atom. The van der Waals surface area contributed by atoms with Crippen LogP contribution in [0.4, 0.5) is 0 Å². The van der Waals surface area contributed by atoms with Crippen molar-refractivity contribution in [3.8, 4) is 22.8 Å². The number of benzene rings is 1. The number of aromatic nitrogens is 3. The molecule has 5 heterocycles. The van der Waals surface area contributed by atoms with E-state index in [1.165, 1.54) is 25.9 Å². The normalized spacial score (nSPS) is 23.3. The second-order valence-corrected chi connectivity index (χ2v) is 7.31. The third-order valence-electron chi connectivity index (χ3n) is 5.75. The first-order chi connectivity index (χ1) is 13.8. The van der Waals surface area contributed by atoms with Crippen LogP contribution in [0.25, 0.3) is 22.8 Å². The Morgan fingerprint density at radius 1 is 1.04 bits per heavy atom. The second kappa shape index (κ2) is 8.29. The Balaban J connectivity index is 0.000000932. The topological polar surface area (TPSA) is 67.3 Å². The molecule has 0 saturated carbocycles. The smallest absolute Gasteiger partial charge is 0.156 e. The predicted molar refractivity (Wildman–Crippen MR) is 109 cm³/mol. The highest BCUT2D eigenvalue weighted by molar-refractivity contribution is 5.62. The van der Waals surface area contributed by atoms with Crippen molar-refractivity contribution in [2.45, 2.75) is 39.3 Å². The third kappa shape index (κ3) is 3.62. The van der Waals surface area contributed by atoms with Gasteiger partial charge in [-0.3, -0.25) is 0 Å². The first kappa shape index (κ1) is 18.9. The maximum absolute atomic E-state index is 9.16. The molecule has 0 radical (unpaired) electrons. The number of furan rings is 1. The lowest BCUT2D eigenvalue weighted by Crippen LogP contribution is -2.48. The summed E-state index contributed by atoms with van der Waals surface area (Å²) in [5.41, 5.74) is 2.65. The van der Waals surface area contributed by atoms with E-state index in [0.29, 0.717) is 12.0 Å². The molecule has 0 aliphatic carbocycles. The van der Waals surface area contributed by atoms with E-state index in [2.05, 4.69) is 15.2 Å². The first-order valence-electron chi connectivity index (χ1n) is 10.2. The number of hydrogen-bond acceptors (Lipinski definition) is 5. The minimum atomic E-state index is 0.0480. The highest BCUT2D eigenvalue weighted by Gasteiger charge is 2.35. The molecule has 3 fully saturated rings. The van der Waals surface area contributed by atoms with E-state index in [1.54, 1.807) is 0 Å². The van der Waals surface area contributed by atoms with Crippen molar-refractivity contribution in [2.75, 3.05) is 19.6 Å². The zero-order valence-corrected chi connectivity index (χ0v) is 16.6. The molecule has 2 aromatic heterocycles. The van der Waals surface area contributed by atoms with Crippen LogP contribution < -0.4 is 0 Å². The van der Waals surface area contributed by atoms with Crippen LogP contribution in [0.15, 0.2) is 47.0 Å². The second-order valence-electron chi connectivity index (χ2n) is 7.31. The summed E-state index contributed by atoms with van der Waals surface area (Å²) < 4.78 is 8.03. The number of aliphatic hydroxyl groups is 1. The summed E-state index contributed by atoms with van der Waals surface area (Å²) in [6.45, 7) is 7.57. The van der Waals surface area contributed by atoms with Gasteiger partial charge in [-0.25, -0.2) is 4.68 Å². The lowest BCUT2D eigenvalue weighted by atomic mass is 9.84. The number of fused-ring (bicyclic) bond motifs is 3. The van der Waals surface area contributed by atoms with Crippen molar-refractivity contribution in [3.63, 3.8) is 0 Å². The molecule has 2 bridgehead atoms. The SMILES string of the molecule is CC.OCc1ccc(-c2ccc(-c3cn([C@H]4CN5CCC4CC5)nn3)o2)cc1. The summed E-state index contributed by atoms with van der Waals surface area (Å²) in [5.74, 6) is 2.24. The maximum Gasteiger partial charge on any atom is 0.156 e. The maximum atomic E-state index is 9.16. The minimum Gasteiger partial charge on any atom is -0.454 e. The fourth-order valence-corrected chi connectivity index (χ4v) is 4.19. The number of piperidine rings is 3. The Labute approximate surface area is 165 Å². The molecule has 1 atom stereocenters. The van der Waals surface area contributed by atoms with Gasteiger partial charge in [0.1, 0.15) is 11.5 Å². The molecule has 3 saturated heterocycles. The summed E-state index contributed by atoms with van der Waals surface area (Å²) in [4.78, 5) is 2.52. The van der Waals surface area contributed by atoms with E-state index in [4.69, 9.17) is 9.52 Å². The van der Waals surface area contributed by atoms with Crippen molar-refractivity contribution >= 4 is 0 Å². The van der Waals surface area contributed by atoms with Gasteiger partial charge in [0.25, 0.3) is 0 Å². The van der Waals surface area contributed by atoms with Gasteiger partial charge in [-0.05, 0) is 49.5 Å². The van der Waals surface area contributed by atoms with Crippen LogP contribution >= 0.6 is 0 Å². The zero-order chi connectivity index (χ0) is 19.5. The average Bonchev–Trinajstić information content (AvgIpc) is 3.46. The third-order valence-corrected chi connectivity index (χ3v) is 5.75. The van der Waals surface area contributed by atoms with Crippen molar-refractivity contribution < 1.29 is 9.52 Å². The van der Waals surface area contributed by atoms with Gasteiger partial charge in [0.05, 0.1) is 18.8 Å². The van der Waals surface area contributed by atoms with Crippen molar-refractivity contribution in [3.05, 3.63) is 48.2 Å². The van der Waals surface area contributed by atoms with Gasteiger partial charge in [-0.2, -0.15) is 0 Å².